The molecule has 0 unspecified atom stereocenters. The summed E-state index contributed by atoms with van der Waals surface area (Å²) in [5, 5.41) is 5.42. The first kappa shape index (κ1) is 20.1. The molecule has 0 aliphatic carbocycles. The van der Waals surface area contributed by atoms with Gasteiger partial charge in [-0.15, -0.1) is 0 Å². The lowest BCUT2D eigenvalue weighted by Crippen LogP contribution is -2.30. The highest BCUT2D eigenvalue weighted by Crippen LogP contribution is 2.20. The molecular formula is C15H22N2O6S. The monoisotopic (exact) mass is 358 g/mol. The van der Waals surface area contributed by atoms with Gasteiger partial charge in [-0.25, -0.2) is 13.2 Å². The van der Waals surface area contributed by atoms with Gasteiger partial charge in [0.2, 0.25) is 5.91 Å². The minimum absolute atomic E-state index is 0.0290. The number of sulfone groups is 1. The number of methoxy groups -OCH3 is 1. The molecule has 0 heterocycles. The zero-order chi connectivity index (χ0) is 18.2. The van der Waals surface area contributed by atoms with Gasteiger partial charge in [0.15, 0.2) is 9.84 Å². The molecule has 0 atom stereocenters. The molecule has 0 radical (unpaired) electrons. The van der Waals surface area contributed by atoms with Gasteiger partial charge < -0.3 is 20.1 Å². The van der Waals surface area contributed by atoms with Crippen molar-refractivity contribution in [2.45, 2.75) is 11.8 Å². The smallest absolute Gasteiger partial charge is 0.338 e. The van der Waals surface area contributed by atoms with Gasteiger partial charge >= 0.3 is 5.97 Å². The molecule has 1 rings (SSSR count). The van der Waals surface area contributed by atoms with E-state index in [9.17, 15) is 18.0 Å². The van der Waals surface area contributed by atoms with Crippen molar-refractivity contribution in [2.75, 3.05) is 45.0 Å². The fourth-order valence-corrected chi connectivity index (χ4v) is 2.48. The molecule has 0 bridgehead atoms. The third-order valence-corrected chi connectivity index (χ3v) is 3.99. The second-order valence-electron chi connectivity index (χ2n) is 4.96. The van der Waals surface area contributed by atoms with Crippen molar-refractivity contribution in [3.63, 3.8) is 0 Å². The van der Waals surface area contributed by atoms with Crippen molar-refractivity contribution in [3.8, 4) is 0 Å². The summed E-state index contributed by atoms with van der Waals surface area (Å²) in [5.41, 5.74) is 0.266. The number of anilines is 1. The van der Waals surface area contributed by atoms with Crippen molar-refractivity contribution in [3.05, 3.63) is 23.8 Å². The van der Waals surface area contributed by atoms with Crippen LogP contribution in [0.4, 0.5) is 5.69 Å². The summed E-state index contributed by atoms with van der Waals surface area (Å²) < 4.78 is 33.2. The van der Waals surface area contributed by atoms with Crippen LogP contribution in [-0.2, 0) is 24.1 Å². The maximum absolute atomic E-state index is 11.9. The second-order valence-corrected chi connectivity index (χ2v) is 6.97. The van der Waals surface area contributed by atoms with E-state index in [0.29, 0.717) is 13.2 Å². The molecule has 1 aromatic carbocycles. The average Bonchev–Trinajstić information content (AvgIpc) is 2.50. The number of amides is 1. The number of carbonyl (C=O) groups excluding carboxylic acids is 2. The Morgan fingerprint density at radius 2 is 1.92 bits per heavy atom. The molecule has 24 heavy (non-hydrogen) atoms. The minimum Gasteiger partial charge on any atom is -0.462 e. The minimum atomic E-state index is -3.55. The van der Waals surface area contributed by atoms with Gasteiger partial charge in [0.25, 0.3) is 0 Å². The molecule has 0 aromatic heterocycles. The highest BCUT2D eigenvalue weighted by Gasteiger charge is 2.16. The van der Waals surface area contributed by atoms with E-state index in [-0.39, 0.29) is 35.2 Å². The molecule has 9 heteroatoms. The topological polar surface area (TPSA) is 111 Å². The van der Waals surface area contributed by atoms with E-state index in [1.807, 2.05) is 0 Å². The summed E-state index contributed by atoms with van der Waals surface area (Å²) in [5.74, 6) is -1.02. The summed E-state index contributed by atoms with van der Waals surface area (Å²) in [6, 6.07) is 3.89. The Labute approximate surface area is 141 Å². The van der Waals surface area contributed by atoms with Crippen LogP contribution in [0.3, 0.4) is 0 Å². The lowest BCUT2D eigenvalue weighted by atomic mass is 10.2. The first-order valence-electron chi connectivity index (χ1n) is 7.29. The summed E-state index contributed by atoms with van der Waals surface area (Å²) in [7, 11) is -2.00. The average molecular weight is 358 g/mol. The molecule has 0 saturated carbocycles. The zero-order valence-corrected chi connectivity index (χ0v) is 14.7. The van der Waals surface area contributed by atoms with Gasteiger partial charge in [0.05, 0.1) is 30.2 Å². The summed E-state index contributed by atoms with van der Waals surface area (Å²) in [6.45, 7) is 2.80. The van der Waals surface area contributed by atoms with Crippen LogP contribution in [-0.4, -0.2) is 60.0 Å². The third-order valence-electron chi connectivity index (χ3n) is 2.90. The Bertz CT molecular complexity index is 687. The van der Waals surface area contributed by atoms with Gasteiger partial charge in [-0.3, -0.25) is 4.79 Å². The number of hydrogen-bond donors (Lipinski definition) is 2. The van der Waals surface area contributed by atoms with Crippen molar-refractivity contribution >= 4 is 27.4 Å². The molecule has 0 fully saturated rings. The molecule has 2 N–H and O–H groups in total. The first-order valence-corrected chi connectivity index (χ1v) is 9.18. The highest BCUT2D eigenvalue weighted by molar-refractivity contribution is 7.90. The quantitative estimate of drug-likeness (QED) is 0.487. The van der Waals surface area contributed by atoms with E-state index in [0.717, 1.165) is 6.26 Å². The SMILES string of the molecule is CCOC(=O)c1cc(NC(=O)CNCCOC)cc(S(C)(=O)=O)c1. The van der Waals surface area contributed by atoms with Crippen LogP contribution in [0, 0.1) is 0 Å². The number of nitrogens with one attached hydrogen (secondary N) is 2. The van der Waals surface area contributed by atoms with Crippen LogP contribution in [0.5, 0.6) is 0 Å². The van der Waals surface area contributed by atoms with Crippen LogP contribution in [0.1, 0.15) is 17.3 Å². The number of ether oxygens (including phenoxy) is 2. The van der Waals surface area contributed by atoms with Crippen molar-refractivity contribution in [2.24, 2.45) is 0 Å². The van der Waals surface area contributed by atoms with Crippen LogP contribution in [0.25, 0.3) is 0 Å². The van der Waals surface area contributed by atoms with Crippen LogP contribution < -0.4 is 10.6 Å². The predicted molar refractivity (Wildman–Crippen MR) is 88.9 cm³/mol. The van der Waals surface area contributed by atoms with E-state index < -0.39 is 15.8 Å². The standard InChI is InChI=1S/C15H22N2O6S/c1-4-23-15(19)11-7-12(9-13(8-11)24(3,20)21)17-14(18)10-16-5-6-22-2/h7-9,16H,4-6,10H2,1-3H3,(H,17,18). The van der Waals surface area contributed by atoms with Gasteiger partial charge in [-0.2, -0.15) is 0 Å². The Morgan fingerprint density at radius 3 is 2.50 bits per heavy atom. The van der Waals surface area contributed by atoms with Crippen molar-refractivity contribution < 1.29 is 27.5 Å². The maximum Gasteiger partial charge on any atom is 0.338 e. The van der Waals surface area contributed by atoms with Crippen LogP contribution in [0.2, 0.25) is 0 Å². The highest BCUT2D eigenvalue weighted by atomic mass is 32.2. The fourth-order valence-electron chi connectivity index (χ4n) is 1.80. The molecule has 1 aromatic rings. The molecule has 0 spiro atoms. The lowest BCUT2D eigenvalue weighted by Gasteiger charge is -2.10. The first-order chi connectivity index (χ1) is 11.3. The van der Waals surface area contributed by atoms with Gasteiger partial charge in [0.1, 0.15) is 0 Å². The largest absolute Gasteiger partial charge is 0.462 e. The van der Waals surface area contributed by atoms with E-state index in [2.05, 4.69) is 10.6 Å². The fraction of sp³-hybridized carbons (Fsp3) is 0.467. The van der Waals surface area contributed by atoms with Crippen molar-refractivity contribution in [1.82, 2.24) is 5.32 Å². The Kier molecular flexibility index (Phi) is 7.83. The number of hydrogen-bond acceptors (Lipinski definition) is 7. The Morgan fingerprint density at radius 1 is 1.21 bits per heavy atom. The third kappa shape index (κ3) is 6.65. The van der Waals surface area contributed by atoms with Gasteiger partial charge in [0, 0.05) is 25.6 Å². The summed E-state index contributed by atoms with van der Waals surface area (Å²) in [4.78, 5) is 23.6. The zero-order valence-electron chi connectivity index (χ0n) is 13.9. The molecule has 0 aliphatic rings. The molecule has 0 saturated heterocycles. The van der Waals surface area contributed by atoms with E-state index in [4.69, 9.17) is 9.47 Å². The summed E-state index contributed by atoms with van der Waals surface area (Å²) in [6.07, 6.45) is 1.02. The predicted octanol–water partition coefficient (Wildman–Crippen LogP) is 0.441. The van der Waals surface area contributed by atoms with Crippen molar-refractivity contribution in [1.29, 1.82) is 0 Å². The number of carbonyl (C=O) groups is 2. The molecule has 0 aliphatic heterocycles. The van der Waals surface area contributed by atoms with E-state index in [1.54, 1.807) is 14.0 Å². The Hall–Kier alpha value is -1.97. The van der Waals surface area contributed by atoms with Crippen LogP contribution >= 0.6 is 0 Å². The number of esters is 1. The van der Waals surface area contributed by atoms with Crippen LogP contribution in [0.15, 0.2) is 23.1 Å². The molecular weight excluding hydrogens is 336 g/mol. The normalized spacial score (nSPS) is 11.1. The Balaban J connectivity index is 2.94. The lowest BCUT2D eigenvalue weighted by molar-refractivity contribution is -0.115. The second kappa shape index (κ2) is 9.36. The van der Waals surface area contributed by atoms with Gasteiger partial charge in [-0.1, -0.05) is 0 Å². The van der Waals surface area contributed by atoms with Gasteiger partial charge in [-0.05, 0) is 25.1 Å². The molecule has 8 nitrogen and oxygen atoms in total. The molecule has 1 amide bonds. The molecule has 134 valence electrons. The summed E-state index contributed by atoms with van der Waals surface area (Å²) >= 11 is 0. The number of rotatable bonds is 9. The van der Waals surface area contributed by atoms with E-state index >= 15 is 0 Å². The maximum atomic E-state index is 11.9. The number of benzene rings is 1. The van der Waals surface area contributed by atoms with E-state index in [1.165, 1.54) is 18.2 Å².